The van der Waals surface area contributed by atoms with Crippen molar-refractivity contribution >= 4 is 191 Å². The summed E-state index contributed by atoms with van der Waals surface area (Å²) in [6.45, 7) is 0. The van der Waals surface area contributed by atoms with E-state index in [2.05, 4.69) is 191 Å². The molecule has 26 heavy (non-hydrogen) atoms. The molecule has 1 aliphatic carbocycles. The van der Waals surface area contributed by atoms with Gasteiger partial charge in [-0.25, -0.2) is 0 Å². The minimum atomic E-state index is -0.799. The lowest BCUT2D eigenvalue weighted by molar-refractivity contribution is 0.539. The van der Waals surface area contributed by atoms with Crippen molar-refractivity contribution in [2.45, 2.75) is 22.1 Å². The van der Waals surface area contributed by atoms with E-state index in [0.29, 0.717) is 0 Å². The van der Waals surface area contributed by atoms with Crippen LogP contribution in [0.1, 0.15) is 5.56 Å². The molecule has 0 nitrogen and oxygen atoms in total. The summed E-state index contributed by atoms with van der Waals surface area (Å²) in [7, 11) is 0. The normalized spacial score (nSPS) is 29.0. The van der Waals surface area contributed by atoms with E-state index in [-0.39, 0.29) is 4.83 Å². The van der Waals surface area contributed by atoms with Gasteiger partial charge >= 0.3 is 0 Å². The Morgan fingerprint density at radius 1 is 0.808 bits per heavy atom. The Morgan fingerprint density at radius 3 is 1.73 bits per heavy atom. The summed E-state index contributed by atoms with van der Waals surface area (Å²) >= 11 is 46.4. The van der Waals surface area contributed by atoms with Gasteiger partial charge in [0.25, 0.3) is 0 Å². The fraction of sp³-hybridized carbons (Fsp3) is 0.429. The predicted octanol–water partition coefficient (Wildman–Crippen LogP) is 11.0. The third-order valence-electron chi connectivity index (χ3n) is 3.87. The van der Waals surface area contributed by atoms with E-state index in [4.69, 9.17) is 0 Å². The van der Waals surface area contributed by atoms with Gasteiger partial charge in [0.15, 0.2) is 0 Å². The topological polar surface area (TPSA) is 0 Å². The van der Waals surface area contributed by atoms with Crippen LogP contribution in [-0.2, 0) is 3.23 Å². The van der Waals surface area contributed by atoms with Crippen molar-refractivity contribution in [2.24, 2.45) is 0 Å². The molecule has 0 spiro atoms. The third kappa shape index (κ3) is 3.95. The van der Waals surface area contributed by atoms with Crippen LogP contribution in [0.5, 0.6) is 0 Å². The van der Waals surface area contributed by atoms with Gasteiger partial charge in [-0.2, -0.15) is 0 Å². The van der Waals surface area contributed by atoms with Crippen LogP contribution in [0.2, 0.25) is 0 Å². The lowest BCUT2D eigenvalue weighted by Gasteiger charge is -2.59. The van der Waals surface area contributed by atoms with Crippen molar-refractivity contribution in [1.82, 2.24) is 0 Å². The minimum absolute atomic E-state index is 0.0821. The molecule has 12 heteroatoms. The highest BCUT2D eigenvalue weighted by molar-refractivity contribution is 9.32. The molecule has 0 saturated carbocycles. The van der Waals surface area contributed by atoms with E-state index in [9.17, 15) is 0 Å². The molecule has 0 aliphatic heterocycles. The van der Waals surface area contributed by atoms with Crippen LogP contribution in [0.4, 0.5) is 0 Å². The van der Waals surface area contributed by atoms with Crippen LogP contribution >= 0.6 is 191 Å². The fourth-order valence-electron chi connectivity index (χ4n) is 2.34. The van der Waals surface area contributed by atoms with Gasteiger partial charge in [-0.3, -0.25) is 0 Å². The molecule has 2 unspecified atom stereocenters. The zero-order valence-electron chi connectivity index (χ0n) is 12.0. The highest BCUT2D eigenvalue weighted by Crippen LogP contribution is 2.77. The van der Waals surface area contributed by atoms with E-state index in [1.807, 2.05) is 30.3 Å². The molecule has 0 radical (unpaired) electrons. The molecule has 0 fully saturated rings. The maximum atomic E-state index is 4.02. The fourth-order valence-corrected chi connectivity index (χ4v) is 15.3. The zero-order chi connectivity index (χ0) is 20.3. The van der Waals surface area contributed by atoms with Gasteiger partial charge in [0.2, 0.25) is 0 Å². The van der Waals surface area contributed by atoms with E-state index in [0.717, 1.165) is 14.5 Å². The minimum Gasteiger partial charge on any atom is -0.0807 e. The largest absolute Gasteiger partial charge is 0.132 e. The van der Waals surface area contributed by atoms with Crippen LogP contribution in [0.25, 0.3) is 0 Å². The van der Waals surface area contributed by atoms with Gasteiger partial charge in [0.05, 0.1) is 4.83 Å². The van der Waals surface area contributed by atoms with Crippen molar-refractivity contribution in [2.75, 3.05) is 0 Å². The summed E-state index contributed by atoms with van der Waals surface area (Å²) < 4.78 is -1.82. The Bertz CT molecular complexity index is 723. The molecular weight excluding hydrogens is 1130 g/mol. The van der Waals surface area contributed by atoms with Gasteiger partial charge in [0, 0.05) is 8.96 Å². The van der Waals surface area contributed by atoms with Crippen molar-refractivity contribution < 1.29 is 0 Å². The molecule has 0 bridgehead atoms. The molecule has 2 rings (SSSR count). The second-order valence-electron chi connectivity index (χ2n) is 5.40. The van der Waals surface area contributed by atoms with Gasteiger partial charge in [0.1, 0.15) is 17.3 Å². The van der Waals surface area contributed by atoms with Crippen LogP contribution in [-0.4, -0.2) is 18.9 Å². The van der Waals surface area contributed by atoms with Crippen LogP contribution in [0.3, 0.4) is 0 Å². The number of alkyl halides is 10. The monoisotopic (exact) mass is 1120 g/mol. The molecule has 0 heterocycles. The second kappa shape index (κ2) is 9.16. The maximum absolute atomic E-state index is 4.02. The molecule has 0 aromatic heterocycles. The Morgan fingerprint density at radius 2 is 1.27 bits per heavy atom. The number of hydrogen-bond acceptors (Lipinski definition) is 0. The molecule has 1 aliphatic rings. The van der Waals surface area contributed by atoms with E-state index >= 15 is 0 Å². The second-order valence-corrected chi connectivity index (χ2v) is 23.0. The van der Waals surface area contributed by atoms with Crippen LogP contribution in [0.15, 0.2) is 39.3 Å². The molecular formula is C14H6Br12. The SMILES string of the molecule is BrC1=C(Br)C(Br)(C(Br)(Br)C(Br)(Br)c2ccccc2)C(Br)(Br)C(Br)(Br)C1Br. The van der Waals surface area contributed by atoms with E-state index < -0.39 is 17.3 Å². The first kappa shape index (κ1) is 27.0. The Labute approximate surface area is 253 Å². The quantitative estimate of drug-likeness (QED) is 0.265. The number of allylic oxidation sites excluding steroid dienone is 2. The molecule has 1 aromatic carbocycles. The smallest absolute Gasteiger partial charge is 0.0807 e. The van der Waals surface area contributed by atoms with Gasteiger partial charge in [-0.05, 0) is 5.56 Å². The summed E-state index contributed by atoms with van der Waals surface area (Å²) in [4.78, 5) is -0.0821. The zero-order valence-corrected chi connectivity index (χ0v) is 31.0. The first-order valence-electron chi connectivity index (χ1n) is 6.54. The molecule has 0 amide bonds. The van der Waals surface area contributed by atoms with Crippen molar-refractivity contribution in [3.8, 4) is 0 Å². The Hall–Kier alpha value is 4.72. The summed E-state index contributed by atoms with van der Waals surface area (Å²) in [6.07, 6.45) is 0. The summed E-state index contributed by atoms with van der Waals surface area (Å²) in [5.41, 5.74) is 1.02. The van der Waals surface area contributed by atoms with Crippen molar-refractivity contribution in [1.29, 1.82) is 0 Å². The first-order chi connectivity index (χ1) is 11.6. The number of benzene rings is 1. The highest BCUT2D eigenvalue weighted by Gasteiger charge is 2.75. The maximum Gasteiger partial charge on any atom is 0.132 e. The highest BCUT2D eigenvalue weighted by atomic mass is 79.9. The number of rotatable bonds is 3. The van der Waals surface area contributed by atoms with Crippen LogP contribution < -0.4 is 0 Å². The lowest BCUT2D eigenvalue weighted by atomic mass is 9.88. The Kier molecular flexibility index (Phi) is 9.51. The first-order valence-corrected chi connectivity index (χ1v) is 16.2. The average Bonchev–Trinajstić information content (AvgIpc) is 2.58. The van der Waals surface area contributed by atoms with E-state index in [1.54, 1.807) is 0 Å². The third-order valence-corrected chi connectivity index (χ3v) is 26.8. The average molecular weight is 1130 g/mol. The molecule has 0 saturated heterocycles. The number of halogens is 12. The van der Waals surface area contributed by atoms with Crippen molar-refractivity contribution in [3.05, 3.63) is 44.9 Å². The lowest BCUT2D eigenvalue weighted by Crippen LogP contribution is -2.67. The predicted molar refractivity (Wildman–Crippen MR) is 157 cm³/mol. The van der Waals surface area contributed by atoms with Gasteiger partial charge in [-0.15, -0.1) is 0 Å². The molecule has 2 atom stereocenters. The molecule has 0 N–H and O–H groups in total. The van der Waals surface area contributed by atoms with Gasteiger partial charge in [-0.1, -0.05) is 221 Å². The molecule has 146 valence electrons. The Balaban J connectivity index is 2.81. The van der Waals surface area contributed by atoms with Crippen molar-refractivity contribution in [3.63, 3.8) is 0 Å². The van der Waals surface area contributed by atoms with Crippen LogP contribution in [0, 0.1) is 0 Å². The molecule has 1 aromatic rings. The number of hydrogen-bond donors (Lipinski definition) is 0. The summed E-state index contributed by atoms with van der Waals surface area (Å²) in [5.74, 6) is 0. The van der Waals surface area contributed by atoms with E-state index in [1.165, 1.54) is 0 Å². The summed E-state index contributed by atoms with van der Waals surface area (Å²) in [6, 6.07) is 10.1. The summed E-state index contributed by atoms with van der Waals surface area (Å²) in [5, 5.41) is 0. The standard InChI is InChI=1S/C14H6Br12/c15-7-8(16)10(18,14(25,26)12(21,22)9(7)17)13(23,24)11(19,20)6-4-2-1-3-5-6/h1-5,9H. The van der Waals surface area contributed by atoms with Gasteiger partial charge < -0.3 is 0 Å².